The minimum Gasteiger partial charge on any atom is -0.481 e. The largest absolute Gasteiger partial charge is 0.481 e. The van der Waals surface area contributed by atoms with Gasteiger partial charge in [-0.15, -0.1) is 0 Å². The lowest BCUT2D eigenvalue weighted by molar-refractivity contribution is -0.118. The summed E-state index contributed by atoms with van der Waals surface area (Å²) in [6.07, 6.45) is 1.66. The Morgan fingerprint density at radius 2 is 2.04 bits per heavy atom. The average Bonchev–Trinajstić information content (AvgIpc) is 2.55. The summed E-state index contributed by atoms with van der Waals surface area (Å²) < 4.78 is 18.5. The maximum atomic E-state index is 13.0. The van der Waals surface area contributed by atoms with Crippen LogP contribution in [0.2, 0.25) is 5.02 Å². The number of pyridine rings is 1. The van der Waals surface area contributed by atoms with Gasteiger partial charge >= 0.3 is 0 Å². The fraction of sp³-hybridized carbons (Fsp3) is 0.0588. The summed E-state index contributed by atoms with van der Waals surface area (Å²) in [7, 11) is 0. The van der Waals surface area contributed by atoms with Gasteiger partial charge in [-0.2, -0.15) is 0 Å². The van der Waals surface area contributed by atoms with Crippen molar-refractivity contribution in [2.75, 3.05) is 11.9 Å². The van der Waals surface area contributed by atoms with Crippen LogP contribution in [0.5, 0.6) is 5.75 Å². The number of benzene rings is 2. The van der Waals surface area contributed by atoms with Crippen LogP contribution in [0.15, 0.2) is 54.7 Å². The number of hydrogen-bond donors (Lipinski definition) is 1. The van der Waals surface area contributed by atoms with Crippen molar-refractivity contribution in [3.05, 3.63) is 65.6 Å². The molecule has 3 aromatic rings. The number of aromatic nitrogens is 1. The molecule has 4 nitrogen and oxygen atoms in total. The topological polar surface area (TPSA) is 51.2 Å². The fourth-order valence-corrected chi connectivity index (χ4v) is 2.33. The molecule has 1 N–H and O–H groups in total. The molecule has 0 saturated carbocycles. The lowest BCUT2D eigenvalue weighted by Crippen LogP contribution is -2.20. The molecule has 0 unspecified atom stereocenters. The van der Waals surface area contributed by atoms with E-state index in [1.54, 1.807) is 12.3 Å². The van der Waals surface area contributed by atoms with Crippen LogP contribution in [0.25, 0.3) is 10.9 Å². The lowest BCUT2D eigenvalue weighted by atomic mass is 10.2. The number of ether oxygens (including phenoxy) is 1. The number of para-hydroxylation sites is 1. The normalized spacial score (nSPS) is 10.5. The van der Waals surface area contributed by atoms with Gasteiger partial charge < -0.3 is 10.1 Å². The van der Waals surface area contributed by atoms with E-state index in [2.05, 4.69) is 10.3 Å². The van der Waals surface area contributed by atoms with Crippen molar-refractivity contribution in [3.8, 4) is 5.75 Å². The van der Waals surface area contributed by atoms with Crippen molar-refractivity contribution in [2.24, 2.45) is 0 Å². The third-order valence-corrected chi connectivity index (χ3v) is 3.47. The number of carbonyl (C=O) groups excluding carboxylic acids is 1. The van der Waals surface area contributed by atoms with Crippen molar-refractivity contribution >= 4 is 34.1 Å². The van der Waals surface area contributed by atoms with Gasteiger partial charge in [0.05, 0.1) is 10.7 Å². The highest BCUT2D eigenvalue weighted by atomic mass is 35.5. The van der Waals surface area contributed by atoms with Crippen LogP contribution < -0.4 is 10.1 Å². The molecule has 1 aromatic heterocycles. The molecule has 6 heteroatoms. The van der Waals surface area contributed by atoms with E-state index in [0.29, 0.717) is 17.0 Å². The summed E-state index contributed by atoms with van der Waals surface area (Å²) in [5.41, 5.74) is 1.01. The van der Waals surface area contributed by atoms with E-state index < -0.39 is 11.7 Å². The molecule has 3 rings (SSSR count). The maximum absolute atomic E-state index is 13.0. The third kappa shape index (κ3) is 3.57. The van der Waals surface area contributed by atoms with Gasteiger partial charge in [-0.3, -0.25) is 9.78 Å². The summed E-state index contributed by atoms with van der Waals surface area (Å²) in [4.78, 5) is 16.2. The zero-order chi connectivity index (χ0) is 16.2. The number of amides is 1. The van der Waals surface area contributed by atoms with Gasteiger partial charge in [0, 0.05) is 11.6 Å². The summed E-state index contributed by atoms with van der Waals surface area (Å²) in [5, 5.41) is 3.63. The van der Waals surface area contributed by atoms with E-state index in [1.165, 1.54) is 12.1 Å². The van der Waals surface area contributed by atoms with E-state index >= 15 is 0 Å². The quantitative estimate of drug-likeness (QED) is 0.785. The molecule has 0 fully saturated rings. The highest BCUT2D eigenvalue weighted by molar-refractivity contribution is 6.33. The van der Waals surface area contributed by atoms with Crippen LogP contribution in [0, 0.1) is 5.82 Å². The Morgan fingerprint density at radius 1 is 1.22 bits per heavy atom. The molecule has 0 bridgehead atoms. The first-order chi connectivity index (χ1) is 11.1. The Morgan fingerprint density at radius 3 is 2.87 bits per heavy atom. The first kappa shape index (κ1) is 15.2. The maximum Gasteiger partial charge on any atom is 0.262 e. The SMILES string of the molecule is O=C(COc1cccc2cccnc12)Nc1ccc(F)cc1Cl. The molecule has 2 aromatic carbocycles. The number of nitrogens with one attached hydrogen (secondary N) is 1. The molecular formula is C17H12ClFN2O2. The third-order valence-electron chi connectivity index (χ3n) is 3.16. The van der Waals surface area contributed by atoms with Crippen LogP contribution in [0.4, 0.5) is 10.1 Å². The molecule has 0 aliphatic carbocycles. The number of hydrogen-bond acceptors (Lipinski definition) is 3. The first-order valence-electron chi connectivity index (χ1n) is 6.85. The predicted molar refractivity (Wildman–Crippen MR) is 87.3 cm³/mol. The van der Waals surface area contributed by atoms with E-state index in [0.717, 1.165) is 11.5 Å². The Bertz CT molecular complexity index is 865. The van der Waals surface area contributed by atoms with Crippen LogP contribution in [0.3, 0.4) is 0 Å². The van der Waals surface area contributed by atoms with Crippen molar-refractivity contribution < 1.29 is 13.9 Å². The van der Waals surface area contributed by atoms with Crippen molar-refractivity contribution in [2.45, 2.75) is 0 Å². The van der Waals surface area contributed by atoms with Gasteiger partial charge in [-0.1, -0.05) is 29.8 Å². The highest BCUT2D eigenvalue weighted by Crippen LogP contribution is 2.24. The predicted octanol–water partition coefficient (Wildman–Crippen LogP) is 4.04. The number of rotatable bonds is 4. The van der Waals surface area contributed by atoms with Gasteiger partial charge in [-0.25, -0.2) is 4.39 Å². The molecule has 0 atom stereocenters. The van der Waals surface area contributed by atoms with E-state index in [9.17, 15) is 9.18 Å². The van der Waals surface area contributed by atoms with Gasteiger partial charge in [0.2, 0.25) is 0 Å². The number of halogens is 2. The van der Waals surface area contributed by atoms with Gasteiger partial charge in [-0.05, 0) is 30.3 Å². The molecule has 1 heterocycles. The molecule has 0 aliphatic heterocycles. The zero-order valence-electron chi connectivity index (χ0n) is 11.9. The number of fused-ring (bicyclic) bond motifs is 1. The summed E-state index contributed by atoms with van der Waals surface area (Å²) in [6.45, 7) is -0.205. The molecule has 1 amide bonds. The smallest absolute Gasteiger partial charge is 0.262 e. The number of anilines is 1. The first-order valence-corrected chi connectivity index (χ1v) is 7.23. The van der Waals surface area contributed by atoms with Crippen molar-refractivity contribution in [1.29, 1.82) is 0 Å². The molecule has 0 spiro atoms. The van der Waals surface area contributed by atoms with E-state index in [4.69, 9.17) is 16.3 Å². The Labute approximate surface area is 136 Å². The minimum absolute atomic E-state index is 0.130. The Balaban J connectivity index is 1.69. The monoisotopic (exact) mass is 330 g/mol. The average molecular weight is 331 g/mol. The van der Waals surface area contributed by atoms with E-state index in [1.807, 2.05) is 24.3 Å². The Kier molecular flexibility index (Phi) is 4.39. The van der Waals surface area contributed by atoms with Crippen LogP contribution in [0.1, 0.15) is 0 Å². The molecule has 0 radical (unpaired) electrons. The lowest BCUT2D eigenvalue weighted by Gasteiger charge is -2.10. The second-order valence-electron chi connectivity index (χ2n) is 4.79. The van der Waals surface area contributed by atoms with Crippen molar-refractivity contribution in [3.63, 3.8) is 0 Å². The highest BCUT2D eigenvalue weighted by Gasteiger charge is 2.09. The van der Waals surface area contributed by atoms with Crippen LogP contribution >= 0.6 is 11.6 Å². The Hall–Kier alpha value is -2.66. The number of nitrogens with zero attached hydrogens (tertiary/aromatic N) is 1. The fourth-order valence-electron chi connectivity index (χ4n) is 2.11. The van der Waals surface area contributed by atoms with Gasteiger partial charge in [0.25, 0.3) is 5.91 Å². The van der Waals surface area contributed by atoms with Crippen LogP contribution in [-0.4, -0.2) is 17.5 Å². The van der Waals surface area contributed by atoms with E-state index in [-0.39, 0.29) is 11.6 Å². The standard InChI is InChI=1S/C17H12ClFN2O2/c18-13-9-12(19)6-7-14(13)21-16(22)10-23-15-5-1-3-11-4-2-8-20-17(11)15/h1-9H,10H2,(H,21,22). The second-order valence-corrected chi connectivity index (χ2v) is 5.20. The minimum atomic E-state index is -0.467. The summed E-state index contributed by atoms with van der Waals surface area (Å²) in [5.74, 6) is -0.346. The zero-order valence-corrected chi connectivity index (χ0v) is 12.7. The second kappa shape index (κ2) is 6.62. The summed E-state index contributed by atoms with van der Waals surface area (Å²) >= 11 is 5.86. The number of carbonyl (C=O) groups is 1. The van der Waals surface area contributed by atoms with Crippen molar-refractivity contribution in [1.82, 2.24) is 4.98 Å². The molecule has 0 saturated heterocycles. The van der Waals surface area contributed by atoms with Gasteiger partial charge in [0.1, 0.15) is 17.1 Å². The molecular weight excluding hydrogens is 319 g/mol. The molecule has 0 aliphatic rings. The van der Waals surface area contributed by atoms with Crippen LogP contribution in [-0.2, 0) is 4.79 Å². The molecule has 23 heavy (non-hydrogen) atoms. The van der Waals surface area contributed by atoms with Gasteiger partial charge in [0.15, 0.2) is 6.61 Å². The summed E-state index contributed by atoms with van der Waals surface area (Å²) in [6, 6.07) is 13.0. The molecule has 116 valence electrons.